The van der Waals surface area contributed by atoms with Gasteiger partial charge in [-0.25, -0.2) is 9.18 Å². The van der Waals surface area contributed by atoms with Crippen molar-refractivity contribution in [2.45, 2.75) is 57.7 Å². The second-order valence-electron chi connectivity index (χ2n) is 10.2. The van der Waals surface area contributed by atoms with E-state index < -0.39 is 53.1 Å². The number of rotatable bonds is 6. The maximum atomic E-state index is 14.7. The van der Waals surface area contributed by atoms with Crippen LogP contribution in [0.3, 0.4) is 0 Å². The zero-order valence-electron chi connectivity index (χ0n) is 22.5. The van der Waals surface area contributed by atoms with Crippen molar-refractivity contribution in [3.05, 3.63) is 82.2 Å². The summed E-state index contributed by atoms with van der Waals surface area (Å²) >= 11 is 0. The number of nitrogens with two attached hydrogens (primary N) is 1. The van der Waals surface area contributed by atoms with E-state index in [1.807, 2.05) is 13.8 Å². The summed E-state index contributed by atoms with van der Waals surface area (Å²) in [5.74, 6) is -0.409. The summed E-state index contributed by atoms with van der Waals surface area (Å²) < 4.78 is 106. The van der Waals surface area contributed by atoms with Crippen molar-refractivity contribution in [1.29, 1.82) is 0 Å². The van der Waals surface area contributed by atoms with E-state index in [2.05, 4.69) is 0 Å². The van der Waals surface area contributed by atoms with Crippen LogP contribution in [0.1, 0.15) is 60.6 Å². The van der Waals surface area contributed by atoms with Crippen LogP contribution in [0.2, 0.25) is 0 Å². The lowest BCUT2D eigenvalue weighted by atomic mass is 9.92. The van der Waals surface area contributed by atoms with E-state index in [1.165, 1.54) is 25.0 Å². The highest BCUT2D eigenvalue weighted by molar-refractivity contribution is 5.77. The summed E-state index contributed by atoms with van der Waals surface area (Å²) in [6.45, 7) is 4.95. The zero-order chi connectivity index (χ0) is 30.4. The van der Waals surface area contributed by atoms with Gasteiger partial charge in [0.05, 0.1) is 30.8 Å². The van der Waals surface area contributed by atoms with Crippen LogP contribution in [-0.2, 0) is 23.6 Å². The minimum Gasteiger partial charge on any atom is -0.496 e. The van der Waals surface area contributed by atoms with Crippen molar-refractivity contribution in [3.63, 3.8) is 0 Å². The lowest BCUT2D eigenvalue weighted by molar-refractivity contribution is -0.143. The quantitative estimate of drug-likeness (QED) is 0.234. The van der Waals surface area contributed by atoms with E-state index >= 15 is 0 Å². The summed E-state index contributed by atoms with van der Waals surface area (Å²) in [6.07, 6.45) is -12.5. The van der Waals surface area contributed by atoms with Gasteiger partial charge in [0.2, 0.25) is 0 Å². The molecule has 0 aromatic heterocycles. The maximum absolute atomic E-state index is 14.7. The van der Waals surface area contributed by atoms with Gasteiger partial charge in [-0.15, -0.1) is 0 Å². The number of benzene rings is 3. The van der Waals surface area contributed by atoms with Crippen LogP contribution in [0.5, 0.6) is 5.75 Å². The van der Waals surface area contributed by atoms with Crippen LogP contribution in [0.4, 0.5) is 41.2 Å². The van der Waals surface area contributed by atoms with Crippen LogP contribution in [0.15, 0.2) is 48.5 Å². The number of cyclic esters (lactones) is 1. The Labute approximate surface area is 231 Å². The molecule has 1 amide bonds. The number of nitrogens with zero attached hydrogens (tertiary/aromatic N) is 1. The lowest BCUT2D eigenvalue weighted by Crippen LogP contribution is -2.31. The van der Waals surface area contributed by atoms with Gasteiger partial charge >= 0.3 is 18.4 Å². The van der Waals surface area contributed by atoms with E-state index in [-0.39, 0.29) is 24.3 Å². The van der Waals surface area contributed by atoms with Crippen LogP contribution >= 0.6 is 0 Å². The third kappa shape index (κ3) is 6.06. The predicted octanol–water partition coefficient (Wildman–Crippen LogP) is 8.33. The molecule has 3 aromatic carbocycles. The minimum atomic E-state index is -5.05. The fourth-order valence-electron chi connectivity index (χ4n) is 4.89. The Morgan fingerprint density at radius 1 is 0.951 bits per heavy atom. The summed E-state index contributed by atoms with van der Waals surface area (Å²) in [4.78, 5) is 14.1. The molecule has 220 valence electrons. The van der Waals surface area contributed by atoms with Crippen LogP contribution in [-0.4, -0.2) is 24.1 Å². The van der Waals surface area contributed by atoms with Crippen LogP contribution in [0, 0.1) is 5.82 Å². The molecular weight excluding hydrogens is 557 g/mol. The van der Waals surface area contributed by atoms with E-state index in [9.17, 15) is 35.5 Å². The SMILES string of the molecule is COc1cc(F)c(C(C)C)cc1-c1ccc(N)cc1CN1C(=O)O[C@H](c2cc(C(F)(F)F)cc(C(F)(F)F)c2)[C@@H]1C. The molecule has 2 N–H and O–H groups in total. The van der Waals surface area contributed by atoms with Crippen LogP contribution in [0.25, 0.3) is 11.1 Å². The van der Waals surface area contributed by atoms with Gasteiger partial charge < -0.3 is 15.2 Å². The fourth-order valence-corrected chi connectivity index (χ4v) is 4.89. The van der Waals surface area contributed by atoms with E-state index in [0.717, 1.165) is 0 Å². The molecule has 4 rings (SSSR count). The first-order valence-electron chi connectivity index (χ1n) is 12.5. The second-order valence-corrected chi connectivity index (χ2v) is 10.2. The third-order valence-corrected chi connectivity index (χ3v) is 7.03. The molecule has 41 heavy (non-hydrogen) atoms. The number of hydrogen-bond donors (Lipinski definition) is 1. The van der Waals surface area contributed by atoms with Crippen molar-refractivity contribution in [2.75, 3.05) is 12.8 Å². The van der Waals surface area contributed by atoms with Gasteiger partial charge in [-0.05, 0) is 71.5 Å². The summed E-state index contributed by atoms with van der Waals surface area (Å²) in [5.41, 5.74) is 4.84. The van der Waals surface area contributed by atoms with E-state index in [0.29, 0.717) is 40.1 Å². The largest absolute Gasteiger partial charge is 0.496 e. The standard InChI is InChI=1S/C29H27F7N2O3/c1-14(2)22-11-23(25(40-4)12-24(22)30)21-6-5-20(37)9-17(21)13-38-15(3)26(41-27(38)39)16-7-18(28(31,32)33)10-19(8-16)29(34,35)36/h5-12,14-15,26H,13,37H2,1-4H3/t15-,26-/m0/s1. The molecule has 2 atom stereocenters. The molecule has 1 aliphatic rings. The van der Waals surface area contributed by atoms with E-state index in [1.54, 1.807) is 24.3 Å². The highest BCUT2D eigenvalue weighted by Gasteiger charge is 2.43. The average molecular weight is 585 g/mol. The van der Waals surface area contributed by atoms with Crippen molar-refractivity contribution in [2.24, 2.45) is 0 Å². The number of carbonyl (C=O) groups is 1. The number of hydrogen-bond acceptors (Lipinski definition) is 4. The Morgan fingerprint density at radius 3 is 2.10 bits per heavy atom. The predicted molar refractivity (Wildman–Crippen MR) is 138 cm³/mol. The molecule has 0 aliphatic carbocycles. The number of ether oxygens (including phenoxy) is 2. The molecule has 1 fully saturated rings. The van der Waals surface area contributed by atoms with Gasteiger partial charge in [0, 0.05) is 17.3 Å². The number of halogens is 7. The second kappa shape index (κ2) is 10.8. The average Bonchev–Trinajstić information content (AvgIpc) is 3.15. The molecule has 1 saturated heterocycles. The van der Waals surface area contributed by atoms with Gasteiger partial charge in [-0.2, -0.15) is 26.3 Å². The van der Waals surface area contributed by atoms with E-state index in [4.69, 9.17) is 15.2 Å². The van der Waals surface area contributed by atoms with Crippen molar-refractivity contribution in [1.82, 2.24) is 4.90 Å². The Bertz CT molecular complexity index is 1440. The number of anilines is 1. The summed E-state index contributed by atoms with van der Waals surface area (Å²) in [5, 5.41) is 0. The van der Waals surface area contributed by atoms with Gasteiger partial charge in [0.25, 0.3) is 0 Å². The van der Waals surface area contributed by atoms with Crippen molar-refractivity contribution >= 4 is 11.8 Å². The van der Waals surface area contributed by atoms with Gasteiger partial charge in [-0.3, -0.25) is 4.90 Å². The van der Waals surface area contributed by atoms with Crippen LogP contribution < -0.4 is 10.5 Å². The molecule has 0 spiro atoms. The highest BCUT2D eigenvalue weighted by Crippen LogP contribution is 2.42. The Hall–Kier alpha value is -3.96. The third-order valence-electron chi connectivity index (χ3n) is 7.03. The molecule has 0 bridgehead atoms. The maximum Gasteiger partial charge on any atom is 0.416 e. The molecule has 0 saturated carbocycles. The first kappa shape index (κ1) is 30.0. The molecule has 1 aliphatic heterocycles. The van der Waals surface area contributed by atoms with Gasteiger partial charge in [-0.1, -0.05) is 19.9 Å². The Morgan fingerprint density at radius 2 is 1.56 bits per heavy atom. The number of nitrogen functional groups attached to an aromatic ring is 1. The molecule has 3 aromatic rings. The first-order chi connectivity index (χ1) is 19.0. The Kier molecular flexibility index (Phi) is 7.90. The normalized spacial score (nSPS) is 17.8. The number of alkyl halides is 6. The fraction of sp³-hybridized carbons (Fsp3) is 0.345. The minimum absolute atomic E-state index is 0.0171. The van der Waals surface area contributed by atoms with Crippen molar-refractivity contribution < 1.29 is 45.0 Å². The summed E-state index contributed by atoms with van der Waals surface area (Å²) in [6, 6.07) is 7.89. The number of amides is 1. The van der Waals surface area contributed by atoms with Gasteiger partial charge in [0.15, 0.2) is 0 Å². The monoisotopic (exact) mass is 584 g/mol. The number of carbonyl (C=O) groups excluding carboxylic acids is 1. The molecule has 12 heteroatoms. The molecule has 0 unspecified atom stereocenters. The lowest BCUT2D eigenvalue weighted by Gasteiger charge is -2.24. The number of methoxy groups -OCH3 is 1. The summed E-state index contributed by atoms with van der Waals surface area (Å²) in [7, 11) is 1.37. The van der Waals surface area contributed by atoms with Crippen molar-refractivity contribution in [3.8, 4) is 16.9 Å². The molecular formula is C29H27F7N2O3. The molecule has 0 radical (unpaired) electrons. The topological polar surface area (TPSA) is 64.8 Å². The molecule has 5 nitrogen and oxygen atoms in total. The van der Waals surface area contributed by atoms with Gasteiger partial charge in [0.1, 0.15) is 17.7 Å². The first-order valence-corrected chi connectivity index (χ1v) is 12.5. The zero-order valence-corrected chi connectivity index (χ0v) is 22.5. The smallest absolute Gasteiger partial charge is 0.416 e. The Balaban J connectivity index is 1.75. The highest BCUT2D eigenvalue weighted by atomic mass is 19.4. The molecule has 1 heterocycles.